The van der Waals surface area contributed by atoms with Crippen molar-refractivity contribution in [3.8, 4) is 5.75 Å². The molecule has 2 amide bonds. The summed E-state index contributed by atoms with van der Waals surface area (Å²) in [6.07, 6.45) is -4.60. The van der Waals surface area contributed by atoms with Crippen molar-refractivity contribution >= 4 is 23.3 Å². The minimum Gasteiger partial charge on any atom is -0.491 e. The number of carbonyl (C=O) groups is 1. The molecule has 0 aliphatic rings. The first-order chi connectivity index (χ1) is 12.8. The van der Waals surface area contributed by atoms with Crippen LogP contribution in [0.25, 0.3) is 0 Å². The van der Waals surface area contributed by atoms with E-state index in [1.165, 1.54) is 6.07 Å². The van der Waals surface area contributed by atoms with Crippen molar-refractivity contribution in [1.29, 1.82) is 0 Å². The molecule has 2 N–H and O–H groups in total. The molecule has 0 unspecified atom stereocenters. The van der Waals surface area contributed by atoms with Crippen molar-refractivity contribution in [2.45, 2.75) is 12.7 Å². The molecule has 146 valence electrons. The maximum absolute atomic E-state index is 12.8. The normalized spacial score (nSPS) is 11.1. The van der Waals surface area contributed by atoms with Gasteiger partial charge in [0.1, 0.15) is 12.4 Å². The van der Waals surface area contributed by atoms with Crippen molar-refractivity contribution in [2.75, 3.05) is 25.6 Å². The number of benzene rings is 2. The Balaban J connectivity index is 1.87. The molecule has 0 saturated heterocycles. The summed E-state index contributed by atoms with van der Waals surface area (Å²) in [5, 5.41) is 4.49. The van der Waals surface area contributed by atoms with Crippen LogP contribution in [0.4, 0.5) is 23.7 Å². The fourth-order valence-electron chi connectivity index (χ4n) is 2.12. The molecular weight excluding hydrogens is 385 g/mol. The smallest absolute Gasteiger partial charge is 0.417 e. The van der Waals surface area contributed by atoms with Gasteiger partial charge in [-0.05, 0) is 35.9 Å². The van der Waals surface area contributed by atoms with Gasteiger partial charge in [0.05, 0.1) is 17.2 Å². The van der Waals surface area contributed by atoms with Gasteiger partial charge >= 0.3 is 12.2 Å². The third kappa shape index (κ3) is 6.65. The van der Waals surface area contributed by atoms with Crippen LogP contribution in [0.5, 0.6) is 5.75 Å². The topological polar surface area (TPSA) is 59.6 Å². The third-order valence-corrected chi connectivity index (χ3v) is 3.79. The first-order valence-corrected chi connectivity index (χ1v) is 8.29. The van der Waals surface area contributed by atoms with Crippen LogP contribution in [-0.4, -0.2) is 26.4 Å². The van der Waals surface area contributed by atoms with E-state index < -0.39 is 22.8 Å². The number of anilines is 1. The lowest BCUT2D eigenvalue weighted by Crippen LogP contribution is -2.28. The summed E-state index contributed by atoms with van der Waals surface area (Å²) < 4.78 is 48.8. The number of urea groups is 1. The molecule has 5 nitrogen and oxygen atoms in total. The Morgan fingerprint density at radius 1 is 1.11 bits per heavy atom. The zero-order valence-corrected chi connectivity index (χ0v) is 15.2. The lowest BCUT2D eigenvalue weighted by atomic mass is 10.2. The van der Waals surface area contributed by atoms with E-state index >= 15 is 0 Å². The SMILES string of the molecule is COCCOc1ccc(CNC(=O)Nc2ccc(Cl)c(C(F)(F)F)c2)cc1. The molecule has 0 atom stereocenters. The predicted molar refractivity (Wildman–Crippen MR) is 96.1 cm³/mol. The molecule has 2 aromatic rings. The summed E-state index contributed by atoms with van der Waals surface area (Å²) in [6.45, 7) is 1.10. The number of ether oxygens (including phenoxy) is 2. The summed E-state index contributed by atoms with van der Waals surface area (Å²) in [4.78, 5) is 11.9. The van der Waals surface area contributed by atoms with Crippen molar-refractivity contribution in [1.82, 2.24) is 5.32 Å². The number of nitrogens with one attached hydrogen (secondary N) is 2. The molecule has 9 heteroatoms. The molecule has 0 saturated carbocycles. The highest BCUT2D eigenvalue weighted by molar-refractivity contribution is 6.31. The second-order valence-electron chi connectivity index (χ2n) is 5.49. The van der Waals surface area contributed by atoms with Crippen LogP contribution in [0.2, 0.25) is 5.02 Å². The van der Waals surface area contributed by atoms with Gasteiger partial charge in [-0.3, -0.25) is 0 Å². The van der Waals surface area contributed by atoms with E-state index in [-0.39, 0.29) is 12.2 Å². The van der Waals surface area contributed by atoms with Gasteiger partial charge in [0.2, 0.25) is 0 Å². The van der Waals surface area contributed by atoms with E-state index in [1.807, 2.05) is 0 Å². The van der Waals surface area contributed by atoms with Crippen molar-refractivity contribution in [2.24, 2.45) is 0 Å². The van der Waals surface area contributed by atoms with E-state index in [2.05, 4.69) is 10.6 Å². The molecule has 0 aliphatic heterocycles. The molecule has 2 rings (SSSR count). The highest BCUT2D eigenvalue weighted by Gasteiger charge is 2.33. The van der Waals surface area contributed by atoms with Crippen LogP contribution >= 0.6 is 11.6 Å². The average molecular weight is 403 g/mol. The number of rotatable bonds is 7. The molecule has 0 aliphatic carbocycles. The van der Waals surface area contributed by atoms with E-state index in [1.54, 1.807) is 31.4 Å². The number of halogens is 4. The lowest BCUT2D eigenvalue weighted by Gasteiger charge is -2.12. The highest BCUT2D eigenvalue weighted by Crippen LogP contribution is 2.36. The maximum atomic E-state index is 12.8. The molecule has 0 aromatic heterocycles. The lowest BCUT2D eigenvalue weighted by molar-refractivity contribution is -0.137. The van der Waals surface area contributed by atoms with Gasteiger partial charge in [0.15, 0.2) is 0 Å². The molecular formula is C18H18ClF3N2O3. The van der Waals surface area contributed by atoms with Crippen LogP contribution in [-0.2, 0) is 17.5 Å². The van der Waals surface area contributed by atoms with Crippen LogP contribution in [0.3, 0.4) is 0 Å². The predicted octanol–water partition coefficient (Wildman–Crippen LogP) is 4.71. The third-order valence-electron chi connectivity index (χ3n) is 3.46. The van der Waals surface area contributed by atoms with Gasteiger partial charge in [0, 0.05) is 19.3 Å². The fourth-order valence-corrected chi connectivity index (χ4v) is 2.35. The molecule has 0 radical (unpaired) electrons. The second kappa shape index (κ2) is 9.48. The Morgan fingerprint density at radius 3 is 2.44 bits per heavy atom. The van der Waals surface area contributed by atoms with Crippen LogP contribution in [0, 0.1) is 0 Å². The Hall–Kier alpha value is -2.45. The average Bonchev–Trinajstić information content (AvgIpc) is 2.62. The van der Waals surface area contributed by atoms with Crippen molar-refractivity contribution in [3.05, 3.63) is 58.6 Å². The monoisotopic (exact) mass is 402 g/mol. The van der Waals surface area contributed by atoms with Crippen molar-refractivity contribution in [3.63, 3.8) is 0 Å². The Morgan fingerprint density at radius 2 is 1.81 bits per heavy atom. The Kier molecular flexibility index (Phi) is 7.32. The van der Waals surface area contributed by atoms with Gasteiger partial charge in [-0.1, -0.05) is 23.7 Å². The second-order valence-corrected chi connectivity index (χ2v) is 5.89. The maximum Gasteiger partial charge on any atom is 0.417 e. The summed E-state index contributed by atoms with van der Waals surface area (Å²) in [7, 11) is 1.58. The number of methoxy groups -OCH3 is 1. The van der Waals surface area contributed by atoms with Gasteiger partial charge in [-0.25, -0.2) is 4.79 Å². The van der Waals surface area contributed by atoms with Gasteiger partial charge < -0.3 is 20.1 Å². The summed E-state index contributed by atoms with van der Waals surface area (Å²) >= 11 is 5.55. The van der Waals surface area contributed by atoms with E-state index in [0.717, 1.165) is 17.7 Å². The largest absolute Gasteiger partial charge is 0.491 e. The minimum absolute atomic E-state index is 0.00823. The zero-order chi connectivity index (χ0) is 19.9. The molecule has 0 spiro atoms. The number of alkyl halides is 3. The molecule has 0 bridgehead atoms. The summed E-state index contributed by atoms with van der Waals surface area (Å²) in [6, 6.07) is 9.57. The van der Waals surface area contributed by atoms with Crippen LogP contribution in [0.15, 0.2) is 42.5 Å². The van der Waals surface area contributed by atoms with E-state index in [0.29, 0.717) is 19.0 Å². The van der Waals surface area contributed by atoms with Crippen LogP contribution < -0.4 is 15.4 Å². The van der Waals surface area contributed by atoms with Gasteiger partial charge in [0.25, 0.3) is 0 Å². The van der Waals surface area contributed by atoms with Gasteiger partial charge in [-0.2, -0.15) is 13.2 Å². The Bertz CT molecular complexity index is 767. The summed E-state index contributed by atoms with van der Waals surface area (Å²) in [5.41, 5.74) is -0.214. The molecule has 0 heterocycles. The first-order valence-electron chi connectivity index (χ1n) is 7.92. The number of hydrogen-bond acceptors (Lipinski definition) is 3. The van der Waals surface area contributed by atoms with Crippen molar-refractivity contribution < 1.29 is 27.4 Å². The fraction of sp³-hybridized carbons (Fsp3) is 0.278. The standard InChI is InChI=1S/C18H18ClF3N2O3/c1-26-8-9-27-14-5-2-12(3-6-14)11-23-17(25)24-13-4-7-16(19)15(10-13)18(20,21)22/h2-7,10H,8-9,11H2,1H3,(H2,23,24,25). The molecule has 2 aromatic carbocycles. The highest BCUT2D eigenvalue weighted by atomic mass is 35.5. The van der Waals surface area contributed by atoms with Crippen LogP contribution in [0.1, 0.15) is 11.1 Å². The first kappa shape index (κ1) is 20.9. The number of carbonyl (C=O) groups excluding carboxylic acids is 1. The van der Waals surface area contributed by atoms with E-state index in [9.17, 15) is 18.0 Å². The van der Waals surface area contributed by atoms with E-state index in [4.69, 9.17) is 21.1 Å². The van der Waals surface area contributed by atoms with Gasteiger partial charge in [-0.15, -0.1) is 0 Å². The summed E-state index contributed by atoms with van der Waals surface area (Å²) in [5.74, 6) is 0.668. The molecule has 27 heavy (non-hydrogen) atoms. The number of amides is 2. The Labute approximate surface area is 159 Å². The zero-order valence-electron chi connectivity index (χ0n) is 14.4. The number of hydrogen-bond donors (Lipinski definition) is 2. The quantitative estimate of drug-likeness (QED) is 0.660. The molecule has 0 fully saturated rings. The minimum atomic E-state index is -4.60.